The molecule has 0 N–H and O–H groups in total. The molecule has 5 heteroatoms. The van der Waals surface area contributed by atoms with Crippen LogP contribution in [0.15, 0.2) is 92.7 Å². The van der Waals surface area contributed by atoms with Crippen LogP contribution in [0.25, 0.3) is 12.2 Å². The third kappa shape index (κ3) is 3.54. The lowest BCUT2D eigenvalue weighted by atomic mass is 9.79. The Morgan fingerprint density at radius 3 is 2.63 bits per heavy atom. The first-order valence-corrected chi connectivity index (χ1v) is 10.2. The van der Waals surface area contributed by atoms with Crippen LogP contribution in [-0.2, 0) is 4.79 Å². The van der Waals surface area contributed by atoms with Gasteiger partial charge >= 0.3 is 0 Å². The number of allylic oxidation sites excluding steroid dienone is 1. The van der Waals surface area contributed by atoms with Crippen molar-refractivity contribution in [2.75, 3.05) is 0 Å². The van der Waals surface area contributed by atoms with Gasteiger partial charge in [0.05, 0.1) is 18.2 Å². The molecule has 1 saturated carbocycles. The summed E-state index contributed by atoms with van der Waals surface area (Å²) in [7, 11) is 0. The lowest BCUT2D eigenvalue weighted by molar-refractivity contribution is -0.128. The fourth-order valence-electron chi connectivity index (χ4n) is 4.27. The number of carbonyl (C=O) groups is 1. The number of rotatable bonds is 4. The maximum Gasteiger partial charge on any atom is 0.267 e. The van der Waals surface area contributed by atoms with Crippen molar-refractivity contribution in [1.29, 1.82) is 0 Å². The topological polar surface area (TPSA) is 59.0 Å². The molecule has 2 atom stereocenters. The first kappa shape index (κ1) is 18.4. The van der Waals surface area contributed by atoms with Gasteiger partial charge in [-0.3, -0.25) is 4.79 Å². The Hall–Kier alpha value is -3.60. The SMILES string of the molecule is O=C(/C=C/c1ccccc1)N1N=C2/C(=C/c3ccco3)CCCC2C1c1ccco1. The number of amides is 1. The van der Waals surface area contributed by atoms with Crippen molar-refractivity contribution in [3.8, 4) is 0 Å². The zero-order valence-electron chi connectivity index (χ0n) is 16.5. The van der Waals surface area contributed by atoms with E-state index in [1.54, 1.807) is 23.6 Å². The number of hydrazone groups is 1. The smallest absolute Gasteiger partial charge is 0.267 e. The highest BCUT2D eigenvalue weighted by Crippen LogP contribution is 2.44. The van der Waals surface area contributed by atoms with Crippen LogP contribution in [0.3, 0.4) is 0 Å². The van der Waals surface area contributed by atoms with Crippen LogP contribution < -0.4 is 0 Å². The maximum absolute atomic E-state index is 13.1. The van der Waals surface area contributed by atoms with Crippen LogP contribution in [0.1, 0.15) is 42.4 Å². The minimum absolute atomic E-state index is 0.111. The van der Waals surface area contributed by atoms with Gasteiger partial charge in [0.1, 0.15) is 17.6 Å². The number of hydrogen-bond donors (Lipinski definition) is 0. The van der Waals surface area contributed by atoms with Crippen LogP contribution in [0.5, 0.6) is 0 Å². The molecule has 1 aromatic carbocycles. The van der Waals surface area contributed by atoms with Gasteiger partial charge in [-0.05, 0) is 66.8 Å². The fourth-order valence-corrected chi connectivity index (χ4v) is 4.27. The normalized spacial score (nSPS) is 22.5. The molecule has 0 bridgehead atoms. The largest absolute Gasteiger partial charge is 0.467 e. The van der Waals surface area contributed by atoms with Gasteiger partial charge < -0.3 is 8.83 Å². The van der Waals surface area contributed by atoms with Gasteiger partial charge in [-0.25, -0.2) is 5.01 Å². The molecule has 1 aliphatic carbocycles. The van der Waals surface area contributed by atoms with Gasteiger partial charge in [-0.15, -0.1) is 0 Å². The zero-order chi connectivity index (χ0) is 20.3. The van der Waals surface area contributed by atoms with Gasteiger partial charge in [0.25, 0.3) is 5.91 Å². The summed E-state index contributed by atoms with van der Waals surface area (Å²) < 4.78 is 11.2. The molecule has 1 fully saturated rings. The number of benzene rings is 1. The van der Waals surface area contributed by atoms with Crippen molar-refractivity contribution in [3.05, 3.63) is 95.9 Å². The second kappa shape index (κ2) is 8.03. The van der Waals surface area contributed by atoms with Crippen molar-refractivity contribution in [3.63, 3.8) is 0 Å². The second-order valence-electron chi connectivity index (χ2n) is 7.56. The molecule has 150 valence electrons. The minimum atomic E-state index is -0.233. The molecule has 3 heterocycles. The Labute approximate surface area is 175 Å². The maximum atomic E-state index is 13.1. The number of fused-ring (bicyclic) bond motifs is 1. The summed E-state index contributed by atoms with van der Waals surface area (Å²) >= 11 is 0. The molecule has 5 rings (SSSR count). The predicted molar refractivity (Wildman–Crippen MR) is 115 cm³/mol. The number of nitrogens with zero attached hydrogens (tertiary/aromatic N) is 2. The van der Waals surface area contributed by atoms with E-state index < -0.39 is 0 Å². The van der Waals surface area contributed by atoms with Crippen LogP contribution in [0, 0.1) is 5.92 Å². The first-order chi connectivity index (χ1) is 14.8. The van der Waals surface area contributed by atoms with E-state index in [0.29, 0.717) is 0 Å². The van der Waals surface area contributed by atoms with Crippen LogP contribution in [-0.4, -0.2) is 16.6 Å². The van der Waals surface area contributed by atoms with E-state index in [1.807, 2.05) is 66.7 Å². The molecular weight excluding hydrogens is 376 g/mol. The monoisotopic (exact) mass is 398 g/mol. The molecule has 30 heavy (non-hydrogen) atoms. The molecule has 1 amide bonds. The minimum Gasteiger partial charge on any atom is -0.467 e. The van der Waals surface area contributed by atoms with Gasteiger partial charge in [-0.1, -0.05) is 30.3 Å². The van der Waals surface area contributed by atoms with Gasteiger partial charge in [-0.2, -0.15) is 5.10 Å². The molecule has 0 saturated heterocycles. The van der Waals surface area contributed by atoms with Crippen molar-refractivity contribution in [2.45, 2.75) is 25.3 Å². The Kier molecular flexibility index (Phi) is 4.93. The first-order valence-electron chi connectivity index (χ1n) is 10.2. The molecule has 2 aliphatic rings. The summed E-state index contributed by atoms with van der Waals surface area (Å²) in [6, 6.07) is 17.1. The fraction of sp³-hybridized carbons (Fsp3) is 0.200. The average Bonchev–Trinajstić information content (AvgIpc) is 3.53. The zero-order valence-corrected chi connectivity index (χ0v) is 16.5. The van der Waals surface area contributed by atoms with E-state index in [0.717, 1.165) is 47.6 Å². The average molecular weight is 398 g/mol. The van der Waals surface area contributed by atoms with Gasteiger partial charge in [0.15, 0.2) is 0 Å². The molecular formula is C25H22N2O3. The highest BCUT2D eigenvalue weighted by molar-refractivity contribution is 6.08. The summed E-state index contributed by atoms with van der Waals surface area (Å²) in [6.07, 6.45) is 11.7. The van der Waals surface area contributed by atoms with Crippen molar-refractivity contribution < 1.29 is 13.6 Å². The van der Waals surface area contributed by atoms with E-state index in [9.17, 15) is 4.79 Å². The van der Waals surface area contributed by atoms with E-state index >= 15 is 0 Å². The Morgan fingerprint density at radius 2 is 1.87 bits per heavy atom. The molecule has 0 radical (unpaired) electrons. The third-order valence-corrected chi connectivity index (χ3v) is 5.64. The summed E-state index contributed by atoms with van der Waals surface area (Å²) in [5, 5.41) is 6.38. The van der Waals surface area contributed by atoms with Gasteiger partial charge in [0, 0.05) is 12.0 Å². The van der Waals surface area contributed by atoms with E-state index in [1.165, 1.54) is 0 Å². The quantitative estimate of drug-likeness (QED) is 0.529. The van der Waals surface area contributed by atoms with E-state index in [-0.39, 0.29) is 17.9 Å². The molecule has 3 aromatic rings. The third-order valence-electron chi connectivity index (χ3n) is 5.64. The van der Waals surface area contributed by atoms with Crippen LogP contribution in [0.2, 0.25) is 0 Å². The van der Waals surface area contributed by atoms with Crippen LogP contribution in [0.4, 0.5) is 0 Å². The second-order valence-corrected chi connectivity index (χ2v) is 7.56. The van der Waals surface area contributed by atoms with Crippen LogP contribution >= 0.6 is 0 Å². The summed E-state index contributed by atoms with van der Waals surface area (Å²) in [6.45, 7) is 0. The number of carbonyl (C=O) groups excluding carboxylic acids is 1. The predicted octanol–water partition coefficient (Wildman–Crippen LogP) is 5.71. The Bertz CT molecular complexity index is 1090. The van der Waals surface area contributed by atoms with Gasteiger partial charge in [0.2, 0.25) is 0 Å². The van der Waals surface area contributed by atoms with Crippen molar-refractivity contribution >= 4 is 23.8 Å². The standard InChI is InChI=1S/C25H22N2O3/c28-23(14-13-18-7-2-1-3-8-18)27-25(22-12-6-16-30-22)21-11-4-9-19(24(21)26-27)17-20-10-5-15-29-20/h1-3,5-8,10,12-17,21,25H,4,9,11H2/b14-13+,19-17+. The van der Waals surface area contributed by atoms with Crippen molar-refractivity contribution in [2.24, 2.45) is 11.0 Å². The van der Waals surface area contributed by atoms with Crippen molar-refractivity contribution in [1.82, 2.24) is 5.01 Å². The Balaban J connectivity index is 1.49. The molecule has 0 spiro atoms. The number of furan rings is 2. The molecule has 2 unspecified atom stereocenters. The lowest BCUT2D eigenvalue weighted by Crippen LogP contribution is -2.30. The lowest BCUT2D eigenvalue weighted by Gasteiger charge is -2.27. The van der Waals surface area contributed by atoms with E-state index in [2.05, 4.69) is 0 Å². The number of hydrogen-bond acceptors (Lipinski definition) is 4. The molecule has 2 aromatic heterocycles. The summed E-state index contributed by atoms with van der Waals surface area (Å²) in [5.41, 5.74) is 3.06. The highest BCUT2D eigenvalue weighted by Gasteiger charge is 2.44. The molecule has 5 nitrogen and oxygen atoms in total. The van der Waals surface area contributed by atoms with E-state index in [4.69, 9.17) is 13.9 Å². The molecule has 1 aliphatic heterocycles. The summed E-state index contributed by atoms with van der Waals surface area (Å²) in [4.78, 5) is 13.1. The summed E-state index contributed by atoms with van der Waals surface area (Å²) in [5.74, 6) is 1.52. The highest BCUT2D eigenvalue weighted by atomic mass is 16.3. The Morgan fingerprint density at radius 1 is 1.03 bits per heavy atom.